The van der Waals surface area contributed by atoms with Crippen molar-refractivity contribution in [2.45, 2.75) is 58.5 Å². The monoisotopic (exact) mass is 349 g/mol. The summed E-state index contributed by atoms with van der Waals surface area (Å²) in [6, 6.07) is 2.65. The second kappa shape index (κ2) is 8.52. The van der Waals surface area contributed by atoms with Crippen LogP contribution in [0.25, 0.3) is 0 Å². The van der Waals surface area contributed by atoms with Gasteiger partial charge in [-0.1, -0.05) is 20.3 Å². The normalized spacial score (nSPS) is 17.3. The van der Waals surface area contributed by atoms with Gasteiger partial charge in [0.25, 0.3) is 5.91 Å². The first-order chi connectivity index (χ1) is 11.8. The molecule has 0 spiro atoms. The molecule has 0 radical (unpaired) electrons. The first-order valence-corrected chi connectivity index (χ1v) is 9.18. The number of piperidine rings is 1. The number of carbonyl (C=O) groups is 2. The fraction of sp³-hybridized carbons (Fsp3) is 0.684. The van der Waals surface area contributed by atoms with Gasteiger partial charge in [-0.25, -0.2) is 0 Å². The molecule has 2 amide bonds. The summed E-state index contributed by atoms with van der Waals surface area (Å²) < 4.78 is 5.10. The summed E-state index contributed by atoms with van der Waals surface area (Å²) in [6.45, 7) is 10.9. The zero-order chi connectivity index (χ0) is 18.4. The third-order valence-corrected chi connectivity index (χ3v) is 4.89. The highest BCUT2D eigenvalue weighted by Crippen LogP contribution is 2.20. The Morgan fingerprint density at radius 3 is 2.48 bits per heavy atom. The molecule has 1 aromatic rings. The molecule has 6 nitrogen and oxygen atoms in total. The number of likely N-dealkylation sites (tertiary alicyclic amines) is 1. The lowest BCUT2D eigenvalue weighted by molar-refractivity contribution is -0.124. The molecule has 1 atom stereocenters. The van der Waals surface area contributed by atoms with Gasteiger partial charge in [-0.2, -0.15) is 0 Å². The zero-order valence-corrected chi connectivity index (χ0v) is 15.8. The summed E-state index contributed by atoms with van der Waals surface area (Å²) in [5.74, 6) is -0.321. The van der Waals surface area contributed by atoms with E-state index in [0.29, 0.717) is 6.54 Å². The molecule has 1 aromatic heterocycles. The van der Waals surface area contributed by atoms with Gasteiger partial charge in [0.15, 0.2) is 5.76 Å². The maximum Gasteiger partial charge on any atom is 0.287 e. The van der Waals surface area contributed by atoms with E-state index in [4.69, 9.17) is 4.42 Å². The Bertz CT molecular complexity index is 560. The van der Waals surface area contributed by atoms with Gasteiger partial charge in [-0.05, 0) is 57.8 Å². The third-order valence-electron chi connectivity index (χ3n) is 4.89. The van der Waals surface area contributed by atoms with E-state index in [1.54, 1.807) is 12.1 Å². The van der Waals surface area contributed by atoms with Crippen LogP contribution in [0.1, 0.15) is 57.5 Å². The van der Waals surface area contributed by atoms with Crippen molar-refractivity contribution in [1.29, 1.82) is 0 Å². The van der Waals surface area contributed by atoms with E-state index >= 15 is 0 Å². The van der Waals surface area contributed by atoms with Crippen LogP contribution in [0.5, 0.6) is 0 Å². The van der Waals surface area contributed by atoms with Crippen molar-refractivity contribution in [3.05, 3.63) is 24.2 Å². The molecule has 2 heterocycles. The average Bonchev–Trinajstić information content (AvgIpc) is 3.12. The zero-order valence-electron chi connectivity index (χ0n) is 15.8. The fourth-order valence-electron chi connectivity index (χ4n) is 3.18. The molecular formula is C19H31N3O3. The number of amides is 2. The summed E-state index contributed by atoms with van der Waals surface area (Å²) in [5.41, 5.74) is -0.0946. The minimum atomic E-state index is -0.588. The van der Waals surface area contributed by atoms with Crippen molar-refractivity contribution >= 4 is 11.8 Å². The van der Waals surface area contributed by atoms with E-state index in [1.807, 2.05) is 13.8 Å². The predicted molar refractivity (Wildman–Crippen MR) is 97.3 cm³/mol. The summed E-state index contributed by atoms with van der Waals surface area (Å²) >= 11 is 0. The van der Waals surface area contributed by atoms with E-state index in [-0.39, 0.29) is 29.0 Å². The lowest BCUT2D eigenvalue weighted by atomic mass is 9.97. The van der Waals surface area contributed by atoms with Crippen molar-refractivity contribution in [3.63, 3.8) is 0 Å². The number of hydrogen-bond donors (Lipinski definition) is 2. The summed E-state index contributed by atoms with van der Waals surface area (Å²) in [5, 5.41) is 5.80. The predicted octanol–water partition coefficient (Wildman–Crippen LogP) is 2.41. The van der Waals surface area contributed by atoms with Crippen molar-refractivity contribution in [2.24, 2.45) is 5.92 Å². The molecule has 25 heavy (non-hydrogen) atoms. The van der Waals surface area contributed by atoms with Gasteiger partial charge in [-0.3, -0.25) is 14.5 Å². The van der Waals surface area contributed by atoms with E-state index in [2.05, 4.69) is 29.4 Å². The Balaban J connectivity index is 1.92. The van der Waals surface area contributed by atoms with Crippen LogP contribution < -0.4 is 10.6 Å². The van der Waals surface area contributed by atoms with Crippen LogP contribution in [0.15, 0.2) is 22.8 Å². The topological polar surface area (TPSA) is 74.6 Å². The van der Waals surface area contributed by atoms with Gasteiger partial charge in [0.1, 0.15) is 6.04 Å². The third kappa shape index (κ3) is 5.33. The van der Waals surface area contributed by atoms with Crippen LogP contribution in [0.4, 0.5) is 0 Å². The molecule has 1 fully saturated rings. The molecule has 0 unspecified atom stereocenters. The number of rotatable bonds is 7. The van der Waals surface area contributed by atoms with Crippen molar-refractivity contribution < 1.29 is 14.0 Å². The maximum atomic E-state index is 12.6. The molecule has 1 saturated heterocycles. The van der Waals surface area contributed by atoms with Crippen molar-refractivity contribution in [3.8, 4) is 0 Å². The average molecular weight is 349 g/mol. The van der Waals surface area contributed by atoms with Gasteiger partial charge >= 0.3 is 0 Å². The SMILES string of the molecule is CC(C)[C@H](NC(=O)c1ccco1)C(=O)NCC(C)(C)N1CCCCC1. The van der Waals surface area contributed by atoms with Crippen LogP contribution in [-0.2, 0) is 4.79 Å². The molecule has 1 aliphatic heterocycles. The molecule has 1 aliphatic rings. The molecule has 0 aliphatic carbocycles. The van der Waals surface area contributed by atoms with E-state index in [9.17, 15) is 9.59 Å². The number of hydrogen-bond acceptors (Lipinski definition) is 4. The van der Waals surface area contributed by atoms with E-state index < -0.39 is 6.04 Å². The second-order valence-electron chi connectivity index (χ2n) is 7.75. The summed E-state index contributed by atoms with van der Waals surface area (Å²) in [7, 11) is 0. The van der Waals surface area contributed by atoms with Gasteiger partial charge in [-0.15, -0.1) is 0 Å². The lowest BCUT2D eigenvalue weighted by Gasteiger charge is -2.41. The molecular weight excluding hydrogens is 318 g/mol. The van der Waals surface area contributed by atoms with Crippen molar-refractivity contribution in [1.82, 2.24) is 15.5 Å². The Labute approximate surface area is 150 Å². The summed E-state index contributed by atoms with van der Waals surface area (Å²) in [6.07, 6.45) is 5.16. The van der Waals surface area contributed by atoms with Crippen LogP contribution >= 0.6 is 0 Å². The molecule has 140 valence electrons. The molecule has 2 rings (SSSR count). The van der Waals surface area contributed by atoms with E-state index in [0.717, 1.165) is 13.1 Å². The largest absolute Gasteiger partial charge is 0.459 e. The lowest BCUT2D eigenvalue weighted by Crippen LogP contribution is -2.56. The highest BCUT2D eigenvalue weighted by atomic mass is 16.3. The van der Waals surface area contributed by atoms with Crippen molar-refractivity contribution in [2.75, 3.05) is 19.6 Å². The quantitative estimate of drug-likeness (QED) is 0.793. The number of nitrogens with one attached hydrogen (secondary N) is 2. The smallest absolute Gasteiger partial charge is 0.287 e. The number of carbonyl (C=O) groups excluding carboxylic acids is 2. The maximum absolute atomic E-state index is 12.6. The van der Waals surface area contributed by atoms with Crippen LogP contribution in [-0.4, -0.2) is 47.9 Å². The van der Waals surface area contributed by atoms with Crippen LogP contribution in [0, 0.1) is 5.92 Å². The standard InChI is InChI=1S/C19H31N3O3/c1-14(2)16(21-17(23)15-9-8-12-25-15)18(24)20-13-19(3,4)22-10-6-5-7-11-22/h8-9,12,14,16H,5-7,10-11,13H2,1-4H3,(H,20,24)(H,21,23)/t16-/m0/s1. The van der Waals surface area contributed by atoms with Gasteiger partial charge < -0.3 is 15.1 Å². The Morgan fingerprint density at radius 1 is 1.24 bits per heavy atom. The number of nitrogens with zero attached hydrogens (tertiary/aromatic N) is 1. The molecule has 6 heteroatoms. The minimum Gasteiger partial charge on any atom is -0.459 e. The van der Waals surface area contributed by atoms with Crippen LogP contribution in [0.2, 0.25) is 0 Å². The highest BCUT2D eigenvalue weighted by molar-refractivity contribution is 5.95. The Kier molecular flexibility index (Phi) is 6.64. The minimum absolute atomic E-state index is 0.0167. The van der Waals surface area contributed by atoms with Gasteiger partial charge in [0, 0.05) is 12.1 Å². The van der Waals surface area contributed by atoms with Crippen LogP contribution in [0.3, 0.4) is 0 Å². The first kappa shape index (κ1) is 19.5. The summed E-state index contributed by atoms with van der Waals surface area (Å²) in [4.78, 5) is 27.3. The first-order valence-electron chi connectivity index (χ1n) is 9.18. The molecule has 0 bridgehead atoms. The van der Waals surface area contributed by atoms with Gasteiger partial charge in [0.05, 0.1) is 6.26 Å². The number of furan rings is 1. The Morgan fingerprint density at radius 2 is 1.92 bits per heavy atom. The van der Waals surface area contributed by atoms with E-state index in [1.165, 1.54) is 25.5 Å². The molecule has 0 saturated carbocycles. The second-order valence-corrected chi connectivity index (χ2v) is 7.75. The highest BCUT2D eigenvalue weighted by Gasteiger charge is 2.31. The molecule has 0 aromatic carbocycles. The fourth-order valence-corrected chi connectivity index (χ4v) is 3.18. The Hall–Kier alpha value is -1.82. The van der Waals surface area contributed by atoms with Gasteiger partial charge in [0.2, 0.25) is 5.91 Å². The molecule has 2 N–H and O–H groups in total.